The van der Waals surface area contributed by atoms with Crippen molar-refractivity contribution in [3.63, 3.8) is 0 Å². The number of alkyl halides is 3. The van der Waals surface area contributed by atoms with Crippen LogP contribution in [-0.4, -0.2) is 35.7 Å². The van der Waals surface area contributed by atoms with Crippen LogP contribution in [0, 0.1) is 0 Å². The molecule has 1 aliphatic rings. The van der Waals surface area contributed by atoms with Crippen molar-refractivity contribution in [2.45, 2.75) is 37.2 Å². The molecule has 0 aliphatic carbocycles. The van der Waals surface area contributed by atoms with E-state index in [2.05, 4.69) is 27.8 Å². The zero-order valence-electron chi connectivity index (χ0n) is 21.5. The number of benzene rings is 3. The highest BCUT2D eigenvalue weighted by Gasteiger charge is 2.52. The highest BCUT2D eigenvalue weighted by atomic mass is 79.9. The number of ether oxygens (including phenoxy) is 2. The van der Waals surface area contributed by atoms with E-state index in [0.717, 1.165) is 16.6 Å². The van der Waals surface area contributed by atoms with Gasteiger partial charge in [-0.25, -0.2) is 4.99 Å². The number of aliphatic hydroxyl groups is 1. The van der Waals surface area contributed by atoms with Crippen molar-refractivity contribution in [2.75, 3.05) is 13.2 Å². The van der Waals surface area contributed by atoms with E-state index in [0.29, 0.717) is 35.5 Å². The van der Waals surface area contributed by atoms with Crippen molar-refractivity contribution >= 4 is 27.7 Å². The van der Waals surface area contributed by atoms with E-state index in [4.69, 9.17) is 19.6 Å². The Balaban J connectivity index is 1.65. The first-order valence-electron chi connectivity index (χ1n) is 12.6. The Hall–Kier alpha value is -3.63. The standard InChI is InChI=1S/C30H28BrF3N2O4/c1-2-15-29(28(38)35-19-20-5-3-6-23(18-20)30(32,33)34)26(21-7-11-24(31)12-8-21)40-27(36-29)22-9-13-25(14-10-22)39-17-4-16-37/h2-3,5-14,18,26,37H,1,4,15-17,19H2,(H,35,38)/t26-,29-/m1/s1. The minimum atomic E-state index is -4.49. The smallest absolute Gasteiger partial charge is 0.416 e. The van der Waals surface area contributed by atoms with Crippen molar-refractivity contribution in [3.8, 4) is 5.75 Å². The first-order chi connectivity index (χ1) is 19.2. The van der Waals surface area contributed by atoms with Gasteiger partial charge in [0.15, 0.2) is 11.6 Å². The van der Waals surface area contributed by atoms with Crippen LogP contribution in [0.15, 0.2) is 94.9 Å². The Kier molecular flexibility index (Phi) is 9.32. The molecular formula is C30H28BrF3N2O4. The molecule has 2 N–H and O–H groups in total. The maximum absolute atomic E-state index is 13.8. The largest absolute Gasteiger partial charge is 0.494 e. The average molecular weight is 617 g/mol. The van der Waals surface area contributed by atoms with Gasteiger partial charge in [-0.05, 0) is 59.7 Å². The Morgan fingerprint density at radius 1 is 1.15 bits per heavy atom. The van der Waals surface area contributed by atoms with Crippen LogP contribution >= 0.6 is 15.9 Å². The summed E-state index contributed by atoms with van der Waals surface area (Å²) in [5.41, 5.74) is -0.628. The van der Waals surface area contributed by atoms with E-state index >= 15 is 0 Å². The number of carbonyl (C=O) groups excluding carboxylic acids is 1. The fourth-order valence-corrected chi connectivity index (χ4v) is 4.63. The summed E-state index contributed by atoms with van der Waals surface area (Å²) in [5, 5.41) is 11.7. The summed E-state index contributed by atoms with van der Waals surface area (Å²) in [6.07, 6.45) is -3.12. The Labute approximate surface area is 238 Å². The lowest BCUT2D eigenvalue weighted by atomic mass is 9.84. The van der Waals surface area contributed by atoms with Crippen LogP contribution in [0.5, 0.6) is 5.75 Å². The summed E-state index contributed by atoms with van der Waals surface area (Å²) in [7, 11) is 0. The van der Waals surface area contributed by atoms with Gasteiger partial charge in [0.2, 0.25) is 5.90 Å². The van der Waals surface area contributed by atoms with Gasteiger partial charge >= 0.3 is 6.18 Å². The molecule has 3 aromatic rings. The van der Waals surface area contributed by atoms with Crippen LogP contribution in [0.25, 0.3) is 0 Å². The highest BCUT2D eigenvalue weighted by Crippen LogP contribution is 2.43. The van der Waals surface area contributed by atoms with Crippen molar-refractivity contribution in [2.24, 2.45) is 4.99 Å². The van der Waals surface area contributed by atoms with E-state index in [1.807, 2.05) is 24.3 Å². The lowest BCUT2D eigenvalue weighted by Crippen LogP contribution is -2.47. The van der Waals surface area contributed by atoms with Gasteiger partial charge in [0.1, 0.15) is 5.75 Å². The minimum Gasteiger partial charge on any atom is -0.494 e. The molecule has 4 rings (SSSR count). The predicted octanol–water partition coefficient (Wildman–Crippen LogP) is 6.38. The number of carbonyl (C=O) groups is 1. The number of hydrogen-bond acceptors (Lipinski definition) is 5. The molecule has 3 aromatic carbocycles. The molecule has 0 unspecified atom stereocenters. The third kappa shape index (κ3) is 6.74. The van der Waals surface area contributed by atoms with E-state index in [1.54, 1.807) is 30.3 Å². The second-order valence-electron chi connectivity index (χ2n) is 9.21. The van der Waals surface area contributed by atoms with Gasteiger partial charge in [0.05, 0.1) is 12.2 Å². The molecule has 0 bridgehead atoms. The van der Waals surface area contributed by atoms with E-state index in [-0.39, 0.29) is 25.5 Å². The van der Waals surface area contributed by atoms with Crippen LogP contribution in [0.2, 0.25) is 0 Å². The van der Waals surface area contributed by atoms with Gasteiger partial charge in [-0.1, -0.05) is 46.3 Å². The van der Waals surface area contributed by atoms with Gasteiger partial charge in [-0.3, -0.25) is 4.79 Å². The molecule has 1 aliphatic heterocycles. The highest BCUT2D eigenvalue weighted by molar-refractivity contribution is 9.10. The van der Waals surface area contributed by atoms with Gasteiger partial charge < -0.3 is 19.9 Å². The van der Waals surface area contributed by atoms with Gasteiger partial charge in [0, 0.05) is 36.0 Å². The molecule has 0 spiro atoms. The SMILES string of the molecule is C=CC[C@@]1(C(=O)NCc2cccc(C(F)(F)F)c2)N=C(c2ccc(OCCCO)cc2)O[C@@H]1c1ccc(Br)cc1. The molecule has 6 nitrogen and oxygen atoms in total. The molecule has 1 heterocycles. The van der Waals surface area contributed by atoms with Crippen LogP contribution < -0.4 is 10.1 Å². The van der Waals surface area contributed by atoms with Gasteiger partial charge in [-0.15, -0.1) is 6.58 Å². The molecule has 0 fully saturated rings. The molecule has 210 valence electrons. The van der Waals surface area contributed by atoms with E-state index in [9.17, 15) is 18.0 Å². The lowest BCUT2D eigenvalue weighted by molar-refractivity contribution is -0.137. The third-order valence-electron chi connectivity index (χ3n) is 6.37. The molecule has 1 amide bonds. The van der Waals surface area contributed by atoms with Gasteiger partial charge in [0.25, 0.3) is 5.91 Å². The number of nitrogens with zero attached hydrogens (tertiary/aromatic N) is 1. The number of aliphatic imine (C=N–C) groups is 1. The van der Waals surface area contributed by atoms with Crippen molar-refractivity contribution in [1.82, 2.24) is 5.32 Å². The van der Waals surface area contributed by atoms with Crippen LogP contribution in [0.4, 0.5) is 13.2 Å². The lowest BCUT2D eigenvalue weighted by Gasteiger charge is -2.29. The Bertz CT molecular complexity index is 1360. The zero-order chi connectivity index (χ0) is 28.8. The molecule has 0 aromatic heterocycles. The van der Waals surface area contributed by atoms with Crippen LogP contribution in [0.1, 0.15) is 41.2 Å². The summed E-state index contributed by atoms with van der Waals surface area (Å²) < 4.78 is 52.3. The molecule has 0 radical (unpaired) electrons. The fraction of sp³-hybridized carbons (Fsp3) is 0.267. The Morgan fingerprint density at radius 2 is 1.88 bits per heavy atom. The monoisotopic (exact) mass is 616 g/mol. The van der Waals surface area contributed by atoms with E-state index in [1.165, 1.54) is 12.1 Å². The van der Waals surface area contributed by atoms with Crippen LogP contribution in [-0.2, 0) is 22.3 Å². The summed E-state index contributed by atoms with van der Waals surface area (Å²) in [4.78, 5) is 18.6. The summed E-state index contributed by atoms with van der Waals surface area (Å²) >= 11 is 3.42. The van der Waals surface area contributed by atoms with Crippen molar-refractivity contribution in [1.29, 1.82) is 0 Å². The molecular weight excluding hydrogens is 589 g/mol. The number of nitrogens with one attached hydrogen (secondary N) is 1. The maximum Gasteiger partial charge on any atom is 0.416 e. The number of hydrogen-bond donors (Lipinski definition) is 2. The van der Waals surface area contributed by atoms with Gasteiger partial charge in [-0.2, -0.15) is 13.2 Å². The second-order valence-corrected chi connectivity index (χ2v) is 10.1. The number of rotatable bonds is 11. The molecule has 10 heteroatoms. The normalized spacial score (nSPS) is 18.5. The predicted molar refractivity (Wildman–Crippen MR) is 149 cm³/mol. The molecule has 0 saturated carbocycles. The Morgan fingerprint density at radius 3 is 2.52 bits per heavy atom. The molecule has 2 atom stereocenters. The second kappa shape index (κ2) is 12.7. The zero-order valence-corrected chi connectivity index (χ0v) is 23.0. The quantitative estimate of drug-likeness (QED) is 0.194. The summed E-state index contributed by atoms with van der Waals surface area (Å²) in [5.74, 6) is 0.346. The summed E-state index contributed by atoms with van der Waals surface area (Å²) in [6, 6.07) is 19.1. The van der Waals surface area contributed by atoms with Crippen molar-refractivity contribution in [3.05, 3.63) is 112 Å². The average Bonchev–Trinajstić information content (AvgIpc) is 3.33. The number of amides is 1. The minimum absolute atomic E-state index is 0.0292. The van der Waals surface area contributed by atoms with Crippen LogP contribution in [0.3, 0.4) is 0 Å². The molecule has 0 saturated heterocycles. The molecule has 40 heavy (non-hydrogen) atoms. The first kappa shape index (κ1) is 29.4. The third-order valence-corrected chi connectivity index (χ3v) is 6.89. The first-order valence-corrected chi connectivity index (χ1v) is 13.4. The summed E-state index contributed by atoms with van der Waals surface area (Å²) in [6.45, 7) is 4.10. The topological polar surface area (TPSA) is 80.2 Å². The van der Waals surface area contributed by atoms with E-state index < -0.39 is 29.3 Å². The fourth-order valence-electron chi connectivity index (χ4n) is 4.37. The van der Waals surface area contributed by atoms with Crippen molar-refractivity contribution < 1.29 is 32.5 Å². The maximum atomic E-state index is 13.8. The number of halogens is 4. The number of aliphatic hydroxyl groups excluding tert-OH is 1.